The minimum Gasteiger partial charge on any atom is -0.493 e. The smallest absolute Gasteiger partial charge is 0.246 e. The van der Waals surface area contributed by atoms with Crippen molar-refractivity contribution in [2.75, 3.05) is 13.2 Å². The number of carbonyl (C=O) groups is 1. The number of fused-ring (bicyclic) bond motifs is 1. The molecule has 126 valence electrons. The van der Waals surface area contributed by atoms with Crippen molar-refractivity contribution in [1.29, 1.82) is 0 Å². The number of hydrogen-bond acceptors (Lipinski definition) is 3. The molecule has 1 atom stereocenters. The zero-order valence-electron chi connectivity index (χ0n) is 14.0. The fourth-order valence-electron chi connectivity index (χ4n) is 2.92. The lowest BCUT2D eigenvalue weighted by molar-refractivity contribution is -0.126. The number of rotatable bonds is 7. The Labute approximate surface area is 142 Å². The summed E-state index contributed by atoms with van der Waals surface area (Å²) in [5, 5.41) is 2.99. The third-order valence-corrected chi connectivity index (χ3v) is 4.05. The Morgan fingerprint density at radius 3 is 2.88 bits per heavy atom. The first-order valence-electron chi connectivity index (χ1n) is 8.36. The summed E-state index contributed by atoms with van der Waals surface area (Å²) >= 11 is 0. The molecule has 1 aliphatic heterocycles. The van der Waals surface area contributed by atoms with Gasteiger partial charge < -0.3 is 14.8 Å². The van der Waals surface area contributed by atoms with Crippen LogP contribution in [0.3, 0.4) is 0 Å². The van der Waals surface area contributed by atoms with Gasteiger partial charge in [-0.15, -0.1) is 0 Å². The van der Waals surface area contributed by atoms with Crippen LogP contribution in [0, 0.1) is 0 Å². The Morgan fingerprint density at radius 2 is 2.04 bits per heavy atom. The molecule has 0 aliphatic carbocycles. The lowest BCUT2D eigenvalue weighted by Crippen LogP contribution is -2.36. The van der Waals surface area contributed by atoms with Gasteiger partial charge in [-0.1, -0.05) is 42.5 Å². The summed E-state index contributed by atoms with van der Waals surface area (Å²) in [5.74, 6) is 0.910. The third kappa shape index (κ3) is 4.59. The van der Waals surface area contributed by atoms with Crippen molar-refractivity contribution in [3.05, 3.63) is 65.2 Å². The fourth-order valence-corrected chi connectivity index (χ4v) is 2.92. The van der Waals surface area contributed by atoms with E-state index in [1.54, 1.807) is 0 Å². The molecule has 0 bridgehead atoms. The minimum atomic E-state index is -0.0806. The molecule has 0 spiro atoms. The normalized spacial score (nSPS) is 13.9. The molecule has 1 N–H and O–H groups in total. The molecule has 3 rings (SSSR count). The molecule has 2 aromatic rings. The molecule has 0 radical (unpaired) electrons. The van der Waals surface area contributed by atoms with Crippen LogP contribution in [0.5, 0.6) is 5.75 Å². The van der Waals surface area contributed by atoms with Gasteiger partial charge in [0.15, 0.2) is 0 Å². The first kappa shape index (κ1) is 16.5. The number of hydrogen-bond donors (Lipinski definition) is 1. The highest BCUT2D eigenvalue weighted by atomic mass is 16.5. The third-order valence-electron chi connectivity index (χ3n) is 4.05. The van der Waals surface area contributed by atoms with E-state index in [0.717, 1.165) is 30.8 Å². The van der Waals surface area contributed by atoms with Gasteiger partial charge >= 0.3 is 0 Å². The zero-order valence-corrected chi connectivity index (χ0v) is 14.0. The van der Waals surface area contributed by atoms with Crippen LogP contribution in [0.4, 0.5) is 0 Å². The Hall–Kier alpha value is -2.33. The average molecular weight is 325 g/mol. The van der Waals surface area contributed by atoms with E-state index in [1.165, 1.54) is 11.1 Å². The molecule has 1 heterocycles. The molecule has 1 amide bonds. The van der Waals surface area contributed by atoms with Crippen LogP contribution in [0.25, 0.3) is 0 Å². The summed E-state index contributed by atoms with van der Waals surface area (Å²) in [4.78, 5) is 12.0. The van der Waals surface area contributed by atoms with Crippen LogP contribution in [0.1, 0.15) is 23.6 Å². The average Bonchev–Trinajstić information content (AvgIpc) is 3.03. The lowest BCUT2D eigenvalue weighted by atomic mass is 10.0. The molecule has 0 saturated carbocycles. The Balaban J connectivity index is 1.41. The van der Waals surface area contributed by atoms with Crippen molar-refractivity contribution in [3.63, 3.8) is 0 Å². The van der Waals surface area contributed by atoms with Crippen molar-refractivity contribution in [1.82, 2.24) is 5.32 Å². The van der Waals surface area contributed by atoms with Crippen LogP contribution in [-0.4, -0.2) is 25.2 Å². The van der Waals surface area contributed by atoms with Gasteiger partial charge in [0.25, 0.3) is 0 Å². The van der Waals surface area contributed by atoms with E-state index >= 15 is 0 Å². The fraction of sp³-hybridized carbons (Fsp3) is 0.350. The number of amides is 1. The van der Waals surface area contributed by atoms with E-state index in [4.69, 9.17) is 9.47 Å². The molecule has 2 aromatic carbocycles. The summed E-state index contributed by atoms with van der Waals surface area (Å²) in [6, 6.07) is 16.2. The predicted molar refractivity (Wildman–Crippen MR) is 93.0 cm³/mol. The van der Waals surface area contributed by atoms with Gasteiger partial charge in [-0.3, -0.25) is 4.79 Å². The summed E-state index contributed by atoms with van der Waals surface area (Å²) in [6.07, 6.45) is 1.77. The molecule has 4 nitrogen and oxygen atoms in total. The highest BCUT2D eigenvalue weighted by molar-refractivity contribution is 5.77. The number of carbonyl (C=O) groups excluding carboxylic acids is 1. The first-order chi connectivity index (χ1) is 11.7. The second-order valence-corrected chi connectivity index (χ2v) is 6.19. The van der Waals surface area contributed by atoms with E-state index in [1.807, 2.05) is 43.3 Å². The molecule has 0 aromatic heterocycles. The van der Waals surface area contributed by atoms with Gasteiger partial charge in [0, 0.05) is 12.5 Å². The van der Waals surface area contributed by atoms with Gasteiger partial charge in [0.05, 0.1) is 13.2 Å². The molecular formula is C20H23NO3. The Kier molecular flexibility index (Phi) is 5.49. The predicted octanol–water partition coefficient (Wildman–Crippen LogP) is 2.89. The SMILES string of the molecule is C[C@@H](Cc1ccc2c(c1)CCO2)NC(=O)COCc1ccccc1. The van der Waals surface area contributed by atoms with Crippen molar-refractivity contribution < 1.29 is 14.3 Å². The van der Waals surface area contributed by atoms with Gasteiger partial charge in [0.1, 0.15) is 12.4 Å². The summed E-state index contributed by atoms with van der Waals surface area (Å²) in [7, 11) is 0. The highest BCUT2D eigenvalue weighted by Gasteiger charge is 2.14. The van der Waals surface area contributed by atoms with E-state index < -0.39 is 0 Å². The van der Waals surface area contributed by atoms with Gasteiger partial charge in [-0.2, -0.15) is 0 Å². The lowest BCUT2D eigenvalue weighted by Gasteiger charge is -2.14. The van der Waals surface area contributed by atoms with Crippen LogP contribution in [0.15, 0.2) is 48.5 Å². The molecule has 0 unspecified atom stereocenters. The summed E-state index contributed by atoms with van der Waals surface area (Å²) in [5.41, 5.74) is 3.55. The summed E-state index contributed by atoms with van der Waals surface area (Å²) < 4.78 is 11.0. The van der Waals surface area contributed by atoms with Gasteiger partial charge in [-0.05, 0) is 36.1 Å². The monoisotopic (exact) mass is 325 g/mol. The Morgan fingerprint density at radius 1 is 1.21 bits per heavy atom. The minimum absolute atomic E-state index is 0.0678. The molecular weight excluding hydrogens is 302 g/mol. The van der Waals surface area contributed by atoms with E-state index in [2.05, 4.69) is 17.4 Å². The topological polar surface area (TPSA) is 47.6 Å². The van der Waals surface area contributed by atoms with Crippen LogP contribution >= 0.6 is 0 Å². The molecule has 0 fully saturated rings. The summed E-state index contributed by atoms with van der Waals surface area (Å²) in [6.45, 7) is 3.31. The van der Waals surface area contributed by atoms with Crippen LogP contribution in [0.2, 0.25) is 0 Å². The number of nitrogens with one attached hydrogen (secondary N) is 1. The maximum absolute atomic E-state index is 12.0. The molecule has 4 heteroatoms. The van der Waals surface area contributed by atoms with Crippen molar-refractivity contribution in [3.8, 4) is 5.75 Å². The van der Waals surface area contributed by atoms with Gasteiger partial charge in [-0.25, -0.2) is 0 Å². The van der Waals surface area contributed by atoms with E-state index in [-0.39, 0.29) is 18.6 Å². The quantitative estimate of drug-likeness (QED) is 0.851. The molecule has 0 saturated heterocycles. The molecule has 1 aliphatic rings. The van der Waals surface area contributed by atoms with Crippen molar-refractivity contribution in [2.24, 2.45) is 0 Å². The van der Waals surface area contributed by atoms with Gasteiger partial charge in [0.2, 0.25) is 5.91 Å². The maximum atomic E-state index is 12.0. The zero-order chi connectivity index (χ0) is 16.8. The number of ether oxygens (including phenoxy) is 2. The molecule has 24 heavy (non-hydrogen) atoms. The van der Waals surface area contributed by atoms with Crippen LogP contribution in [-0.2, 0) is 29.0 Å². The van der Waals surface area contributed by atoms with E-state index in [0.29, 0.717) is 6.61 Å². The maximum Gasteiger partial charge on any atom is 0.246 e. The first-order valence-corrected chi connectivity index (χ1v) is 8.36. The Bertz CT molecular complexity index is 685. The highest BCUT2D eigenvalue weighted by Crippen LogP contribution is 2.26. The van der Waals surface area contributed by atoms with Crippen molar-refractivity contribution in [2.45, 2.75) is 32.4 Å². The largest absolute Gasteiger partial charge is 0.493 e. The number of benzene rings is 2. The van der Waals surface area contributed by atoms with Crippen LogP contribution < -0.4 is 10.1 Å². The van der Waals surface area contributed by atoms with Crippen molar-refractivity contribution >= 4 is 5.91 Å². The standard InChI is InChI=1S/C20H23NO3/c1-15(11-17-7-8-19-18(12-17)9-10-24-19)21-20(22)14-23-13-16-5-3-2-4-6-16/h2-8,12,15H,9-11,13-14H2,1H3,(H,21,22)/t15-/m0/s1. The second kappa shape index (κ2) is 7.97. The second-order valence-electron chi connectivity index (χ2n) is 6.19. The van der Waals surface area contributed by atoms with E-state index in [9.17, 15) is 4.79 Å².